The summed E-state index contributed by atoms with van der Waals surface area (Å²) in [7, 11) is 0. The fraction of sp³-hybridized carbons (Fsp3) is 1.00. The lowest BCUT2D eigenvalue weighted by Gasteiger charge is -2.24. The molecule has 0 bridgehead atoms. The van der Waals surface area contributed by atoms with Crippen molar-refractivity contribution in [2.45, 2.75) is 91.0 Å². The summed E-state index contributed by atoms with van der Waals surface area (Å²) in [6.45, 7) is 8.10. The van der Waals surface area contributed by atoms with Crippen molar-refractivity contribution in [2.75, 3.05) is 6.54 Å². The SMILES string of the molecule is CCCCC(CC)CC1CCCCC(NCC)C1. The molecule has 1 aliphatic rings. The standard InChI is InChI=1S/C17H35N/c1-4-7-10-15(5-2)13-16-11-8-9-12-17(14-16)18-6-3/h15-18H,4-14H2,1-3H3. The molecule has 0 saturated heterocycles. The minimum Gasteiger partial charge on any atom is -0.314 e. The molecule has 1 heteroatoms. The first-order valence-corrected chi connectivity index (χ1v) is 8.53. The quantitative estimate of drug-likeness (QED) is 0.590. The zero-order chi connectivity index (χ0) is 13.2. The van der Waals surface area contributed by atoms with E-state index in [0.717, 1.165) is 24.4 Å². The minimum atomic E-state index is 0.811. The minimum absolute atomic E-state index is 0.811. The maximum atomic E-state index is 3.69. The molecule has 18 heavy (non-hydrogen) atoms. The highest BCUT2D eigenvalue weighted by atomic mass is 14.9. The molecule has 1 N–H and O–H groups in total. The van der Waals surface area contributed by atoms with E-state index in [1.807, 2.05) is 0 Å². The van der Waals surface area contributed by atoms with Gasteiger partial charge in [-0.3, -0.25) is 0 Å². The van der Waals surface area contributed by atoms with Crippen LogP contribution in [0.1, 0.15) is 85.0 Å². The Morgan fingerprint density at radius 3 is 2.56 bits per heavy atom. The van der Waals surface area contributed by atoms with Gasteiger partial charge in [0.2, 0.25) is 0 Å². The largest absolute Gasteiger partial charge is 0.314 e. The Labute approximate surface area is 115 Å². The lowest BCUT2D eigenvalue weighted by Crippen LogP contribution is -2.30. The predicted octanol–water partition coefficient (Wildman–Crippen LogP) is 5.15. The Morgan fingerprint density at radius 1 is 1.11 bits per heavy atom. The molecule has 1 nitrogen and oxygen atoms in total. The number of unbranched alkanes of at least 4 members (excludes halogenated alkanes) is 1. The van der Waals surface area contributed by atoms with Crippen LogP contribution in [-0.2, 0) is 0 Å². The zero-order valence-corrected chi connectivity index (χ0v) is 13.0. The van der Waals surface area contributed by atoms with Gasteiger partial charge in [0.25, 0.3) is 0 Å². The topological polar surface area (TPSA) is 12.0 Å². The molecular formula is C17H35N. The number of nitrogens with one attached hydrogen (secondary N) is 1. The van der Waals surface area contributed by atoms with Crippen LogP contribution in [0.3, 0.4) is 0 Å². The number of hydrogen-bond acceptors (Lipinski definition) is 1. The third-order valence-electron chi connectivity index (χ3n) is 4.74. The van der Waals surface area contributed by atoms with E-state index >= 15 is 0 Å². The molecule has 0 aromatic heterocycles. The van der Waals surface area contributed by atoms with Crippen LogP contribution in [0.4, 0.5) is 0 Å². The van der Waals surface area contributed by atoms with Gasteiger partial charge in [-0.25, -0.2) is 0 Å². The van der Waals surface area contributed by atoms with Gasteiger partial charge in [0.05, 0.1) is 0 Å². The van der Waals surface area contributed by atoms with Crippen LogP contribution < -0.4 is 5.32 Å². The van der Waals surface area contributed by atoms with E-state index in [1.54, 1.807) is 0 Å². The van der Waals surface area contributed by atoms with Gasteiger partial charge >= 0.3 is 0 Å². The van der Waals surface area contributed by atoms with Crippen molar-refractivity contribution < 1.29 is 0 Å². The molecule has 3 atom stereocenters. The van der Waals surface area contributed by atoms with Crippen molar-refractivity contribution in [1.29, 1.82) is 0 Å². The van der Waals surface area contributed by atoms with Crippen molar-refractivity contribution in [3.8, 4) is 0 Å². The van der Waals surface area contributed by atoms with Gasteiger partial charge in [-0.15, -0.1) is 0 Å². The molecule has 1 saturated carbocycles. The van der Waals surface area contributed by atoms with Gasteiger partial charge in [-0.2, -0.15) is 0 Å². The average molecular weight is 253 g/mol. The Kier molecular flexibility index (Phi) is 8.75. The molecule has 0 aromatic rings. The summed E-state index contributed by atoms with van der Waals surface area (Å²) in [5.41, 5.74) is 0. The zero-order valence-electron chi connectivity index (χ0n) is 13.0. The molecule has 0 radical (unpaired) electrons. The van der Waals surface area contributed by atoms with Crippen molar-refractivity contribution >= 4 is 0 Å². The third kappa shape index (κ3) is 6.22. The van der Waals surface area contributed by atoms with E-state index < -0.39 is 0 Å². The Bertz CT molecular complexity index is 190. The second-order valence-corrected chi connectivity index (χ2v) is 6.29. The first-order valence-electron chi connectivity index (χ1n) is 8.53. The molecule has 0 heterocycles. The number of rotatable bonds is 8. The van der Waals surface area contributed by atoms with Crippen LogP contribution in [0.25, 0.3) is 0 Å². The lowest BCUT2D eigenvalue weighted by atomic mass is 9.84. The van der Waals surface area contributed by atoms with Crippen molar-refractivity contribution in [2.24, 2.45) is 11.8 Å². The van der Waals surface area contributed by atoms with Crippen LogP contribution in [0.5, 0.6) is 0 Å². The number of hydrogen-bond donors (Lipinski definition) is 1. The molecule has 0 spiro atoms. The summed E-state index contributed by atoms with van der Waals surface area (Å²) < 4.78 is 0. The lowest BCUT2D eigenvalue weighted by molar-refractivity contribution is 0.294. The molecule has 3 unspecified atom stereocenters. The van der Waals surface area contributed by atoms with Crippen LogP contribution in [-0.4, -0.2) is 12.6 Å². The molecular weight excluding hydrogens is 218 g/mol. The second-order valence-electron chi connectivity index (χ2n) is 6.29. The summed E-state index contributed by atoms with van der Waals surface area (Å²) >= 11 is 0. The maximum Gasteiger partial charge on any atom is 0.00695 e. The summed E-state index contributed by atoms with van der Waals surface area (Å²) in [5.74, 6) is 1.99. The Morgan fingerprint density at radius 2 is 1.89 bits per heavy atom. The van der Waals surface area contributed by atoms with Crippen LogP contribution in [0.2, 0.25) is 0 Å². The monoisotopic (exact) mass is 253 g/mol. The highest BCUT2D eigenvalue weighted by molar-refractivity contribution is 4.77. The van der Waals surface area contributed by atoms with Gasteiger partial charge in [-0.1, -0.05) is 65.7 Å². The van der Waals surface area contributed by atoms with E-state index in [9.17, 15) is 0 Å². The van der Waals surface area contributed by atoms with Crippen molar-refractivity contribution in [3.63, 3.8) is 0 Å². The van der Waals surface area contributed by atoms with Crippen molar-refractivity contribution in [1.82, 2.24) is 5.32 Å². The Hall–Kier alpha value is -0.0400. The van der Waals surface area contributed by atoms with E-state index in [-0.39, 0.29) is 0 Å². The fourth-order valence-corrected chi connectivity index (χ4v) is 3.60. The molecule has 0 aromatic carbocycles. The van der Waals surface area contributed by atoms with E-state index in [2.05, 4.69) is 26.1 Å². The molecule has 1 rings (SSSR count). The highest BCUT2D eigenvalue weighted by Gasteiger charge is 2.21. The van der Waals surface area contributed by atoms with Crippen molar-refractivity contribution in [3.05, 3.63) is 0 Å². The molecule has 108 valence electrons. The van der Waals surface area contributed by atoms with Gasteiger partial charge in [0.1, 0.15) is 0 Å². The second kappa shape index (κ2) is 9.83. The average Bonchev–Trinajstić information content (AvgIpc) is 2.60. The predicted molar refractivity (Wildman–Crippen MR) is 82.0 cm³/mol. The normalized spacial score (nSPS) is 26.8. The first-order chi connectivity index (χ1) is 8.80. The maximum absolute atomic E-state index is 3.69. The molecule has 1 fully saturated rings. The summed E-state index contributed by atoms with van der Waals surface area (Å²) in [5, 5.41) is 3.69. The first kappa shape index (κ1) is 16.0. The molecule has 0 aliphatic heterocycles. The van der Waals surface area contributed by atoms with Gasteiger partial charge in [0, 0.05) is 6.04 Å². The van der Waals surface area contributed by atoms with Crippen LogP contribution in [0.15, 0.2) is 0 Å². The van der Waals surface area contributed by atoms with E-state index in [4.69, 9.17) is 0 Å². The molecule has 0 amide bonds. The Balaban J connectivity index is 2.36. The fourth-order valence-electron chi connectivity index (χ4n) is 3.60. The summed E-state index contributed by atoms with van der Waals surface area (Å²) in [4.78, 5) is 0. The summed E-state index contributed by atoms with van der Waals surface area (Å²) in [6, 6.07) is 0.811. The smallest absolute Gasteiger partial charge is 0.00695 e. The highest BCUT2D eigenvalue weighted by Crippen LogP contribution is 2.31. The summed E-state index contributed by atoms with van der Waals surface area (Å²) in [6.07, 6.45) is 14.4. The van der Waals surface area contributed by atoms with Gasteiger partial charge in [0.15, 0.2) is 0 Å². The third-order valence-corrected chi connectivity index (χ3v) is 4.74. The molecule has 1 aliphatic carbocycles. The van der Waals surface area contributed by atoms with E-state index in [0.29, 0.717) is 0 Å². The van der Waals surface area contributed by atoms with Gasteiger partial charge < -0.3 is 5.32 Å². The van der Waals surface area contributed by atoms with Gasteiger partial charge in [-0.05, 0) is 37.6 Å². The van der Waals surface area contributed by atoms with E-state index in [1.165, 1.54) is 64.2 Å². The van der Waals surface area contributed by atoms with Crippen LogP contribution in [0, 0.1) is 11.8 Å². The van der Waals surface area contributed by atoms with Crippen LogP contribution >= 0.6 is 0 Å².